The van der Waals surface area contributed by atoms with Crippen molar-refractivity contribution in [1.82, 2.24) is 5.32 Å². The first kappa shape index (κ1) is 15.8. The van der Waals surface area contributed by atoms with Crippen LogP contribution in [-0.4, -0.2) is 0 Å². The van der Waals surface area contributed by atoms with E-state index in [-0.39, 0.29) is 0 Å². The van der Waals surface area contributed by atoms with Gasteiger partial charge in [-0.05, 0) is 48.9 Å². The van der Waals surface area contributed by atoms with Crippen LogP contribution < -0.4 is 5.32 Å². The van der Waals surface area contributed by atoms with Crippen LogP contribution in [0.15, 0.2) is 48.5 Å². The Morgan fingerprint density at radius 1 is 0.762 bits per heavy atom. The zero-order valence-electron chi connectivity index (χ0n) is 13.9. The van der Waals surface area contributed by atoms with E-state index in [1.54, 1.807) is 0 Å². The smallest absolute Gasteiger partial charge is 0.0348 e. The van der Waals surface area contributed by atoms with Crippen LogP contribution in [0.1, 0.15) is 55.1 Å². The minimum Gasteiger partial charge on any atom is -0.303 e. The number of rotatable bonds is 5. The molecule has 0 aromatic heterocycles. The first-order chi connectivity index (χ1) is 9.99. The van der Waals surface area contributed by atoms with Crippen molar-refractivity contribution in [2.75, 3.05) is 0 Å². The zero-order chi connectivity index (χ0) is 15.4. The van der Waals surface area contributed by atoms with Gasteiger partial charge in [0.1, 0.15) is 0 Å². The van der Waals surface area contributed by atoms with Gasteiger partial charge in [-0.1, -0.05) is 62.4 Å². The second-order valence-electron chi connectivity index (χ2n) is 6.36. The molecule has 0 saturated heterocycles. The maximum absolute atomic E-state index is 3.80. The van der Waals surface area contributed by atoms with Crippen LogP contribution in [0.3, 0.4) is 0 Å². The summed E-state index contributed by atoms with van der Waals surface area (Å²) in [5.74, 6) is 0.557. The standard InChI is InChI=1S/C20H27N/c1-14(2)20(18-9-7-6-8-10-18)21-17(5)19-12-11-15(3)16(4)13-19/h6-14,17,20-21H,1-5H3. The molecule has 0 heterocycles. The van der Waals surface area contributed by atoms with E-state index in [1.165, 1.54) is 22.3 Å². The van der Waals surface area contributed by atoms with Gasteiger partial charge in [0.05, 0.1) is 0 Å². The Labute approximate surface area is 129 Å². The summed E-state index contributed by atoms with van der Waals surface area (Å²) in [6.45, 7) is 11.2. The highest BCUT2D eigenvalue weighted by atomic mass is 14.9. The number of hydrogen-bond donors (Lipinski definition) is 1. The first-order valence-corrected chi connectivity index (χ1v) is 7.87. The first-order valence-electron chi connectivity index (χ1n) is 7.87. The van der Waals surface area contributed by atoms with Gasteiger partial charge in [-0.25, -0.2) is 0 Å². The number of nitrogens with one attached hydrogen (secondary N) is 1. The lowest BCUT2D eigenvalue weighted by atomic mass is 9.94. The van der Waals surface area contributed by atoms with Crippen LogP contribution in [0.2, 0.25) is 0 Å². The molecule has 0 saturated carbocycles. The van der Waals surface area contributed by atoms with E-state index >= 15 is 0 Å². The van der Waals surface area contributed by atoms with Gasteiger partial charge < -0.3 is 5.32 Å². The highest BCUT2D eigenvalue weighted by Gasteiger charge is 2.18. The van der Waals surface area contributed by atoms with E-state index < -0.39 is 0 Å². The van der Waals surface area contributed by atoms with E-state index in [0.29, 0.717) is 18.0 Å². The third kappa shape index (κ3) is 3.95. The molecule has 0 radical (unpaired) electrons. The number of aryl methyl sites for hydroxylation is 2. The predicted molar refractivity (Wildman–Crippen MR) is 91.5 cm³/mol. The van der Waals surface area contributed by atoms with E-state index in [4.69, 9.17) is 0 Å². The van der Waals surface area contributed by atoms with E-state index in [2.05, 4.69) is 88.5 Å². The lowest BCUT2D eigenvalue weighted by Crippen LogP contribution is -2.28. The third-order valence-corrected chi connectivity index (χ3v) is 4.29. The second kappa shape index (κ2) is 6.91. The molecule has 0 fully saturated rings. The van der Waals surface area contributed by atoms with Crippen molar-refractivity contribution in [3.05, 3.63) is 70.8 Å². The Kier molecular flexibility index (Phi) is 5.19. The van der Waals surface area contributed by atoms with Crippen molar-refractivity contribution in [3.8, 4) is 0 Å². The van der Waals surface area contributed by atoms with Crippen molar-refractivity contribution in [3.63, 3.8) is 0 Å². The van der Waals surface area contributed by atoms with Crippen molar-refractivity contribution in [2.45, 2.75) is 46.7 Å². The summed E-state index contributed by atoms with van der Waals surface area (Å²) in [5, 5.41) is 3.80. The highest BCUT2D eigenvalue weighted by Crippen LogP contribution is 2.26. The number of hydrogen-bond acceptors (Lipinski definition) is 1. The summed E-state index contributed by atoms with van der Waals surface area (Å²) in [4.78, 5) is 0. The molecule has 2 aromatic rings. The fourth-order valence-corrected chi connectivity index (χ4v) is 2.73. The lowest BCUT2D eigenvalue weighted by Gasteiger charge is -2.27. The SMILES string of the molecule is Cc1ccc(C(C)NC(c2ccccc2)C(C)C)cc1C. The molecular formula is C20H27N. The largest absolute Gasteiger partial charge is 0.303 e. The molecule has 1 N–H and O–H groups in total. The van der Waals surface area contributed by atoms with Crippen LogP contribution in [0.5, 0.6) is 0 Å². The molecule has 2 atom stereocenters. The summed E-state index contributed by atoms with van der Waals surface area (Å²) >= 11 is 0. The van der Waals surface area contributed by atoms with Gasteiger partial charge in [-0.2, -0.15) is 0 Å². The quantitative estimate of drug-likeness (QED) is 0.779. The predicted octanol–water partition coefficient (Wildman–Crippen LogP) is 5.35. The average molecular weight is 281 g/mol. The maximum Gasteiger partial charge on any atom is 0.0348 e. The molecule has 2 rings (SSSR count). The Bertz CT molecular complexity index is 572. The molecule has 0 aliphatic carbocycles. The molecule has 1 nitrogen and oxygen atoms in total. The monoisotopic (exact) mass is 281 g/mol. The van der Waals surface area contributed by atoms with Gasteiger partial charge in [-0.3, -0.25) is 0 Å². The maximum atomic E-state index is 3.80. The Morgan fingerprint density at radius 2 is 1.43 bits per heavy atom. The molecule has 0 aliphatic heterocycles. The van der Waals surface area contributed by atoms with Crippen LogP contribution >= 0.6 is 0 Å². The molecule has 0 amide bonds. The normalized spacial score (nSPS) is 14.2. The van der Waals surface area contributed by atoms with Gasteiger partial charge in [-0.15, -0.1) is 0 Å². The molecule has 0 spiro atoms. The fraction of sp³-hybridized carbons (Fsp3) is 0.400. The summed E-state index contributed by atoms with van der Waals surface area (Å²) in [7, 11) is 0. The summed E-state index contributed by atoms with van der Waals surface area (Å²) in [6.07, 6.45) is 0. The Hall–Kier alpha value is -1.60. The van der Waals surface area contributed by atoms with Crippen LogP contribution in [0.4, 0.5) is 0 Å². The summed E-state index contributed by atoms with van der Waals surface area (Å²) < 4.78 is 0. The van der Waals surface area contributed by atoms with E-state index in [0.717, 1.165) is 0 Å². The minimum absolute atomic E-state index is 0.344. The second-order valence-corrected chi connectivity index (χ2v) is 6.36. The van der Waals surface area contributed by atoms with E-state index in [9.17, 15) is 0 Å². The fourth-order valence-electron chi connectivity index (χ4n) is 2.73. The van der Waals surface area contributed by atoms with E-state index in [1.807, 2.05) is 0 Å². The molecule has 0 aliphatic rings. The minimum atomic E-state index is 0.344. The topological polar surface area (TPSA) is 12.0 Å². The van der Waals surface area contributed by atoms with Gasteiger partial charge in [0, 0.05) is 12.1 Å². The van der Waals surface area contributed by atoms with Crippen LogP contribution in [0, 0.1) is 19.8 Å². The molecular weight excluding hydrogens is 254 g/mol. The zero-order valence-corrected chi connectivity index (χ0v) is 13.9. The average Bonchev–Trinajstić information content (AvgIpc) is 2.48. The summed E-state index contributed by atoms with van der Waals surface area (Å²) in [6, 6.07) is 18.2. The molecule has 0 bridgehead atoms. The summed E-state index contributed by atoms with van der Waals surface area (Å²) in [5.41, 5.74) is 5.44. The van der Waals surface area contributed by atoms with Gasteiger partial charge in [0.15, 0.2) is 0 Å². The third-order valence-electron chi connectivity index (χ3n) is 4.29. The van der Waals surface area contributed by atoms with Gasteiger partial charge in [0.25, 0.3) is 0 Å². The van der Waals surface area contributed by atoms with Gasteiger partial charge >= 0.3 is 0 Å². The van der Waals surface area contributed by atoms with Crippen molar-refractivity contribution in [1.29, 1.82) is 0 Å². The lowest BCUT2D eigenvalue weighted by molar-refractivity contribution is 0.374. The van der Waals surface area contributed by atoms with Crippen LogP contribution in [-0.2, 0) is 0 Å². The molecule has 112 valence electrons. The Balaban J connectivity index is 2.18. The number of benzene rings is 2. The van der Waals surface area contributed by atoms with Crippen molar-refractivity contribution >= 4 is 0 Å². The van der Waals surface area contributed by atoms with Crippen molar-refractivity contribution < 1.29 is 0 Å². The van der Waals surface area contributed by atoms with Gasteiger partial charge in [0.2, 0.25) is 0 Å². The molecule has 21 heavy (non-hydrogen) atoms. The highest BCUT2D eigenvalue weighted by molar-refractivity contribution is 5.32. The van der Waals surface area contributed by atoms with Crippen LogP contribution in [0.25, 0.3) is 0 Å². The molecule has 1 heteroatoms. The molecule has 2 unspecified atom stereocenters. The van der Waals surface area contributed by atoms with Crippen molar-refractivity contribution in [2.24, 2.45) is 5.92 Å². The Morgan fingerprint density at radius 3 is 2.00 bits per heavy atom. The molecule has 2 aromatic carbocycles.